The van der Waals surface area contributed by atoms with Crippen LogP contribution in [0.25, 0.3) is 0 Å². The first-order chi connectivity index (χ1) is 8.26. The van der Waals surface area contributed by atoms with Gasteiger partial charge < -0.3 is 9.47 Å². The van der Waals surface area contributed by atoms with E-state index in [4.69, 9.17) is 21.1 Å². The second-order valence-corrected chi connectivity index (χ2v) is 4.14. The van der Waals surface area contributed by atoms with E-state index in [1.807, 2.05) is 12.1 Å². The van der Waals surface area contributed by atoms with Gasteiger partial charge in [-0.2, -0.15) is 0 Å². The molecule has 0 bridgehead atoms. The summed E-state index contributed by atoms with van der Waals surface area (Å²) in [5.41, 5.74) is 1.15. The molecule has 0 spiro atoms. The first-order valence-electron chi connectivity index (χ1n) is 5.57. The van der Waals surface area contributed by atoms with Crippen LogP contribution in [0, 0.1) is 0 Å². The van der Waals surface area contributed by atoms with Gasteiger partial charge in [-0.1, -0.05) is 11.6 Å². The standard InChI is InChI=1S/C12H19ClN2O2/c1-16-7-5-15(6-8-17-2)10-11-3-4-14-12(13)9-11/h3-4,9H,5-8,10H2,1-2H3. The smallest absolute Gasteiger partial charge is 0.129 e. The summed E-state index contributed by atoms with van der Waals surface area (Å²) in [6.45, 7) is 4.00. The van der Waals surface area contributed by atoms with Crippen molar-refractivity contribution in [2.75, 3.05) is 40.5 Å². The fourth-order valence-electron chi connectivity index (χ4n) is 1.51. The summed E-state index contributed by atoms with van der Waals surface area (Å²) in [4.78, 5) is 6.23. The Hall–Kier alpha value is -0.680. The van der Waals surface area contributed by atoms with Crippen LogP contribution in [-0.4, -0.2) is 50.4 Å². The summed E-state index contributed by atoms with van der Waals surface area (Å²) in [5.74, 6) is 0. The van der Waals surface area contributed by atoms with Crippen LogP contribution < -0.4 is 0 Å². The van der Waals surface area contributed by atoms with Crippen molar-refractivity contribution in [1.29, 1.82) is 0 Å². The Kier molecular flexibility index (Phi) is 7.12. The Balaban J connectivity index is 2.51. The van der Waals surface area contributed by atoms with Gasteiger partial charge in [0.1, 0.15) is 5.15 Å². The summed E-state index contributed by atoms with van der Waals surface area (Å²) in [6, 6.07) is 3.85. The third-order valence-electron chi connectivity index (χ3n) is 2.42. The van der Waals surface area contributed by atoms with Gasteiger partial charge in [-0.05, 0) is 17.7 Å². The predicted molar refractivity (Wildman–Crippen MR) is 68.3 cm³/mol. The van der Waals surface area contributed by atoms with Gasteiger partial charge >= 0.3 is 0 Å². The van der Waals surface area contributed by atoms with Crippen molar-refractivity contribution < 1.29 is 9.47 Å². The van der Waals surface area contributed by atoms with Crippen molar-refractivity contribution in [3.8, 4) is 0 Å². The van der Waals surface area contributed by atoms with Gasteiger partial charge in [-0.15, -0.1) is 0 Å². The zero-order chi connectivity index (χ0) is 12.5. The zero-order valence-electron chi connectivity index (χ0n) is 10.4. The molecule has 1 heterocycles. The summed E-state index contributed by atoms with van der Waals surface area (Å²) < 4.78 is 10.2. The second kappa shape index (κ2) is 8.42. The topological polar surface area (TPSA) is 34.6 Å². The lowest BCUT2D eigenvalue weighted by atomic mass is 10.2. The van der Waals surface area contributed by atoms with E-state index in [2.05, 4.69) is 9.88 Å². The molecule has 96 valence electrons. The first kappa shape index (κ1) is 14.4. The van der Waals surface area contributed by atoms with E-state index in [1.54, 1.807) is 20.4 Å². The van der Waals surface area contributed by atoms with Crippen molar-refractivity contribution >= 4 is 11.6 Å². The zero-order valence-corrected chi connectivity index (χ0v) is 11.1. The highest BCUT2D eigenvalue weighted by atomic mass is 35.5. The van der Waals surface area contributed by atoms with E-state index in [0.717, 1.165) is 25.2 Å². The lowest BCUT2D eigenvalue weighted by Crippen LogP contribution is -2.30. The largest absolute Gasteiger partial charge is 0.383 e. The van der Waals surface area contributed by atoms with Crippen molar-refractivity contribution in [2.45, 2.75) is 6.54 Å². The van der Waals surface area contributed by atoms with Crippen molar-refractivity contribution in [2.24, 2.45) is 0 Å². The molecule has 0 radical (unpaired) electrons. The van der Waals surface area contributed by atoms with E-state index in [9.17, 15) is 0 Å². The van der Waals surface area contributed by atoms with Crippen LogP contribution in [0.5, 0.6) is 0 Å². The average molecular weight is 259 g/mol. The molecule has 4 nitrogen and oxygen atoms in total. The van der Waals surface area contributed by atoms with Gasteiger partial charge in [0, 0.05) is 40.1 Å². The van der Waals surface area contributed by atoms with Crippen LogP contribution in [0.1, 0.15) is 5.56 Å². The molecule has 0 unspecified atom stereocenters. The van der Waals surface area contributed by atoms with Gasteiger partial charge in [0.15, 0.2) is 0 Å². The summed E-state index contributed by atoms with van der Waals surface area (Å²) >= 11 is 5.86. The third-order valence-corrected chi connectivity index (χ3v) is 2.63. The second-order valence-electron chi connectivity index (χ2n) is 3.75. The van der Waals surface area contributed by atoms with Gasteiger partial charge in [-0.25, -0.2) is 4.98 Å². The number of pyridine rings is 1. The number of halogens is 1. The molecule has 1 aromatic heterocycles. The Bertz CT molecular complexity index is 315. The molecule has 0 aromatic carbocycles. The molecular weight excluding hydrogens is 240 g/mol. The summed E-state index contributed by atoms with van der Waals surface area (Å²) in [6.07, 6.45) is 1.72. The number of rotatable bonds is 8. The first-order valence-corrected chi connectivity index (χ1v) is 5.94. The lowest BCUT2D eigenvalue weighted by Gasteiger charge is -2.21. The molecule has 0 fully saturated rings. The van der Waals surface area contributed by atoms with E-state index in [-0.39, 0.29) is 0 Å². The number of hydrogen-bond donors (Lipinski definition) is 0. The molecule has 17 heavy (non-hydrogen) atoms. The molecule has 5 heteroatoms. The highest BCUT2D eigenvalue weighted by Gasteiger charge is 2.06. The molecule has 0 saturated carbocycles. The molecule has 0 amide bonds. The Morgan fingerprint density at radius 1 is 1.24 bits per heavy atom. The number of aromatic nitrogens is 1. The number of hydrogen-bond acceptors (Lipinski definition) is 4. The molecule has 0 atom stereocenters. The number of nitrogens with zero attached hydrogens (tertiary/aromatic N) is 2. The fourth-order valence-corrected chi connectivity index (χ4v) is 1.71. The minimum atomic E-state index is 0.529. The average Bonchev–Trinajstić information content (AvgIpc) is 2.32. The summed E-state index contributed by atoms with van der Waals surface area (Å²) in [7, 11) is 3.41. The Labute approximate surface area is 107 Å². The van der Waals surface area contributed by atoms with Crippen LogP contribution in [0.15, 0.2) is 18.3 Å². The monoisotopic (exact) mass is 258 g/mol. The molecule has 0 aliphatic heterocycles. The minimum Gasteiger partial charge on any atom is -0.383 e. The number of ether oxygens (including phenoxy) is 2. The van der Waals surface area contributed by atoms with Crippen LogP contribution in [-0.2, 0) is 16.0 Å². The van der Waals surface area contributed by atoms with Gasteiger partial charge in [0.2, 0.25) is 0 Å². The van der Waals surface area contributed by atoms with Crippen LogP contribution >= 0.6 is 11.6 Å². The van der Waals surface area contributed by atoms with Crippen LogP contribution in [0.2, 0.25) is 5.15 Å². The molecule has 0 aliphatic rings. The van der Waals surface area contributed by atoms with Gasteiger partial charge in [-0.3, -0.25) is 4.90 Å². The molecule has 0 saturated heterocycles. The van der Waals surface area contributed by atoms with Gasteiger partial charge in [0.05, 0.1) is 13.2 Å². The lowest BCUT2D eigenvalue weighted by molar-refractivity contribution is 0.110. The quantitative estimate of drug-likeness (QED) is 0.667. The van der Waals surface area contributed by atoms with Crippen molar-refractivity contribution in [1.82, 2.24) is 9.88 Å². The SMILES string of the molecule is COCCN(CCOC)Cc1ccnc(Cl)c1. The molecule has 0 N–H and O–H groups in total. The maximum Gasteiger partial charge on any atom is 0.129 e. The maximum atomic E-state index is 5.86. The van der Waals surface area contributed by atoms with Crippen LogP contribution in [0.3, 0.4) is 0 Å². The van der Waals surface area contributed by atoms with Crippen LogP contribution in [0.4, 0.5) is 0 Å². The van der Waals surface area contributed by atoms with E-state index in [0.29, 0.717) is 18.4 Å². The fraction of sp³-hybridized carbons (Fsp3) is 0.583. The van der Waals surface area contributed by atoms with E-state index >= 15 is 0 Å². The van der Waals surface area contributed by atoms with E-state index in [1.165, 1.54) is 0 Å². The molecular formula is C12H19ClN2O2. The highest BCUT2D eigenvalue weighted by molar-refractivity contribution is 6.29. The normalized spacial score (nSPS) is 11.1. The third kappa shape index (κ3) is 5.98. The molecule has 1 rings (SSSR count). The minimum absolute atomic E-state index is 0.529. The maximum absolute atomic E-state index is 5.86. The van der Waals surface area contributed by atoms with Crippen molar-refractivity contribution in [3.05, 3.63) is 29.0 Å². The Morgan fingerprint density at radius 2 is 1.88 bits per heavy atom. The number of methoxy groups -OCH3 is 2. The van der Waals surface area contributed by atoms with Crippen molar-refractivity contribution in [3.63, 3.8) is 0 Å². The van der Waals surface area contributed by atoms with E-state index < -0.39 is 0 Å². The summed E-state index contributed by atoms with van der Waals surface area (Å²) in [5, 5.41) is 0.529. The highest BCUT2D eigenvalue weighted by Crippen LogP contribution is 2.09. The Morgan fingerprint density at radius 3 is 2.41 bits per heavy atom. The predicted octanol–water partition coefficient (Wildman–Crippen LogP) is 1.83. The molecule has 1 aromatic rings. The molecule has 0 aliphatic carbocycles. The van der Waals surface area contributed by atoms with Gasteiger partial charge in [0.25, 0.3) is 0 Å².